The van der Waals surface area contributed by atoms with E-state index in [0.29, 0.717) is 23.8 Å². The topological polar surface area (TPSA) is 51.0 Å². The first-order valence-electron chi connectivity index (χ1n) is 6.69. The Balaban J connectivity index is 2.16. The number of oxime groups is 1. The molecule has 110 valence electrons. The molecule has 0 unspecified atom stereocenters. The Labute approximate surface area is 124 Å². The van der Waals surface area contributed by atoms with Gasteiger partial charge in [0.1, 0.15) is 6.61 Å². The minimum Gasteiger partial charge on any atom is -0.493 e. The molecule has 0 saturated heterocycles. The fourth-order valence-electron chi connectivity index (χ4n) is 2.03. The minimum absolute atomic E-state index is 0.477. The van der Waals surface area contributed by atoms with Crippen molar-refractivity contribution < 1.29 is 14.7 Å². The van der Waals surface area contributed by atoms with Crippen LogP contribution in [0.2, 0.25) is 0 Å². The lowest BCUT2D eigenvalue weighted by atomic mass is 10.1. The largest absolute Gasteiger partial charge is 0.493 e. The van der Waals surface area contributed by atoms with Gasteiger partial charge in [-0.1, -0.05) is 35.0 Å². The molecule has 2 aromatic rings. The van der Waals surface area contributed by atoms with E-state index in [0.717, 1.165) is 11.1 Å². The number of hydrogen-bond acceptors (Lipinski definition) is 4. The quantitative estimate of drug-likeness (QED) is 0.516. The molecule has 21 heavy (non-hydrogen) atoms. The van der Waals surface area contributed by atoms with E-state index in [1.165, 1.54) is 5.56 Å². The Hall–Kier alpha value is -2.49. The highest BCUT2D eigenvalue weighted by Gasteiger charge is 2.08. The molecule has 0 aliphatic heterocycles. The van der Waals surface area contributed by atoms with Crippen LogP contribution in [-0.2, 0) is 6.61 Å². The van der Waals surface area contributed by atoms with Gasteiger partial charge in [0.2, 0.25) is 0 Å². The second-order valence-electron chi connectivity index (χ2n) is 4.83. The van der Waals surface area contributed by atoms with Crippen molar-refractivity contribution in [2.24, 2.45) is 5.16 Å². The number of ether oxygens (including phenoxy) is 2. The zero-order chi connectivity index (χ0) is 15.2. The third kappa shape index (κ3) is 3.75. The molecular formula is C17H19NO3. The fourth-order valence-corrected chi connectivity index (χ4v) is 2.03. The number of rotatable bonds is 5. The number of benzene rings is 2. The smallest absolute Gasteiger partial charge is 0.161 e. The summed E-state index contributed by atoms with van der Waals surface area (Å²) in [6.45, 7) is 4.25. The lowest BCUT2D eigenvalue weighted by Crippen LogP contribution is -2.00. The van der Waals surface area contributed by atoms with E-state index in [-0.39, 0.29) is 0 Å². The highest BCUT2D eigenvalue weighted by atomic mass is 16.5. The van der Waals surface area contributed by atoms with Gasteiger partial charge in [0.25, 0.3) is 0 Å². The highest BCUT2D eigenvalue weighted by molar-refractivity contribution is 5.98. The van der Waals surface area contributed by atoms with Gasteiger partial charge in [-0.15, -0.1) is 0 Å². The van der Waals surface area contributed by atoms with E-state index in [1.807, 2.05) is 24.3 Å². The highest BCUT2D eigenvalue weighted by Crippen LogP contribution is 2.29. The second-order valence-corrected chi connectivity index (χ2v) is 4.83. The van der Waals surface area contributed by atoms with Crippen LogP contribution in [0.15, 0.2) is 47.6 Å². The Morgan fingerprint density at radius 1 is 1.14 bits per heavy atom. The van der Waals surface area contributed by atoms with Gasteiger partial charge in [-0.05, 0) is 37.6 Å². The first-order valence-corrected chi connectivity index (χ1v) is 6.69. The zero-order valence-corrected chi connectivity index (χ0v) is 12.5. The van der Waals surface area contributed by atoms with Crippen molar-refractivity contribution in [1.29, 1.82) is 0 Å². The molecule has 0 heterocycles. The summed E-state index contributed by atoms with van der Waals surface area (Å²) in [5.41, 5.74) is 3.62. The summed E-state index contributed by atoms with van der Waals surface area (Å²) < 4.78 is 11.1. The van der Waals surface area contributed by atoms with Gasteiger partial charge >= 0.3 is 0 Å². The summed E-state index contributed by atoms with van der Waals surface area (Å²) >= 11 is 0. The van der Waals surface area contributed by atoms with Crippen molar-refractivity contribution in [3.63, 3.8) is 0 Å². The summed E-state index contributed by atoms with van der Waals surface area (Å²) in [6, 6.07) is 13.6. The second kappa shape index (κ2) is 6.79. The van der Waals surface area contributed by atoms with E-state index in [4.69, 9.17) is 14.7 Å². The SMILES string of the molecule is COc1cc(/C(C)=N/O)ccc1OCc1cccc(C)c1. The summed E-state index contributed by atoms with van der Waals surface area (Å²) in [7, 11) is 1.59. The van der Waals surface area contributed by atoms with Gasteiger partial charge in [-0.25, -0.2) is 0 Å². The Bertz CT molecular complexity index is 650. The Morgan fingerprint density at radius 3 is 2.62 bits per heavy atom. The molecule has 2 rings (SSSR count). The third-order valence-corrected chi connectivity index (χ3v) is 3.21. The van der Waals surface area contributed by atoms with Crippen molar-refractivity contribution in [2.75, 3.05) is 7.11 Å². The van der Waals surface area contributed by atoms with Gasteiger partial charge in [0.05, 0.1) is 12.8 Å². The van der Waals surface area contributed by atoms with Crippen LogP contribution in [0.25, 0.3) is 0 Å². The van der Waals surface area contributed by atoms with Gasteiger partial charge in [0, 0.05) is 5.56 Å². The summed E-state index contributed by atoms with van der Waals surface area (Å²) in [6.07, 6.45) is 0. The standard InChI is InChI=1S/C17H19NO3/c1-12-5-4-6-14(9-12)11-21-16-8-7-15(13(2)18-19)10-17(16)20-3/h4-10,19H,11H2,1-3H3/b18-13+. The molecule has 0 spiro atoms. The van der Waals surface area contributed by atoms with Gasteiger partial charge in [-0.3, -0.25) is 0 Å². The minimum atomic E-state index is 0.477. The molecule has 0 aliphatic rings. The first-order chi connectivity index (χ1) is 10.1. The van der Waals surface area contributed by atoms with Crippen LogP contribution in [0.1, 0.15) is 23.6 Å². The van der Waals surface area contributed by atoms with E-state index in [9.17, 15) is 0 Å². The van der Waals surface area contributed by atoms with E-state index in [2.05, 4.69) is 24.2 Å². The predicted octanol–water partition coefficient (Wildman–Crippen LogP) is 3.78. The van der Waals surface area contributed by atoms with Crippen molar-refractivity contribution >= 4 is 5.71 Å². The van der Waals surface area contributed by atoms with E-state index >= 15 is 0 Å². The number of hydrogen-bond donors (Lipinski definition) is 1. The third-order valence-electron chi connectivity index (χ3n) is 3.21. The van der Waals surface area contributed by atoms with Crippen LogP contribution in [0, 0.1) is 6.92 Å². The summed E-state index contributed by atoms with van der Waals surface area (Å²) in [5, 5.41) is 12.0. The average Bonchev–Trinajstić information content (AvgIpc) is 2.52. The van der Waals surface area contributed by atoms with Crippen molar-refractivity contribution in [3.8, 4) is 11.5 Å². The lowest BCUT2D eigenvalue weighted by Gasteiger charge is -2.12. The van der Waals surface area contributed by atoms with Crippen LogP contribution in [0.3, 0.4) is 0 Å². The van der Waals surface area contributed by atoms with Gasteiger partial charge in [0.15, 0.2) is 11.5 Å². The molecule has 0 radical (unpaired) electrons. The van der Waals surface area contributed by atoms with Gasteiger partial charge < -0.3 is 14.7 Å². The molecule has 0 aliphatic carbocycles. The molecule has 0 fully saturated rings. The normalized spacial score (nSPS) is 11.3. The summed E-state index contributed by atoms with van der Waals surface area (Å²) in [5.74, 6) is 1.27. The van der Waals surface area contributed by atoms with Crippen LogP contribution in [0.4, 0.5) is 0 Å². The molecule has 4 heteroatoms. The molecule has 0 saturated carbocycles. The number of nitrogens with zero attached hydrogens (tertiary/aromatic N) is 1. The molecule has 1 N–H and O–H groups in total. The lowest BCUT2D eigenvalue weighted by molar-refractivity contribution is 0.284. The maximum absolute atomic E-state index is 8.82. The number of aryl methyl sites for hydroxylation is 1. The molecule has 2 aromatic carbocycles. The van der Waals surface area contributed by atoms with Crippen molar-refractivity contribution in [1.82, 2.24) is 0 Å². The number of methoxy groups -OCH3 is 1. The predicted molar refractivity (Wildman–Crippen MR) is 82.5 cm³/mol. The Kier molecular flexibility index (Phi) is 4.82. The maximum Gasteiger partial charge on any atom is 0.161 e. The van der Waals surface area contributed by atoms with Crippen LogP contribution in [0.5, 0.6) is 11.5 Å². The fraction of sp³-hybridized carbons (Fsp3) is 0.235. The van der Waals surface area contributed by atoms with E-state index < -0.39 is 0 Å². The van der Waals surface area contributed by atoms with Crippen LogP contribution < -0.4 is 9.47 Å². The Morgan fingerprint density at radius 2 is 1.95 bits per heavy atom. The van der Waals surface area contributed by atoms with Gasteiger partial charge in [-0.2, -0.15) is 0 Å². The van der Waals surface area contributed by atoms with E-state index in [1.54, 1.807) is 20.1 Å². The monoisotopic (exact) mass is 285 g/mol. The molecule has 0 bridgehead atoms. The average molecular weight is 285 g/mol. The molecule has 0 aromatic heterocycles. The summed E-state index contributed by atoms with van der Waals surface area (Å²) in [4.78, 5) is 0. The molecule has 4 nitrogen and oxygen atoms in total. The first kappa shape index (κ1) is 14.9. The zero-order valence-electron chi connectivity index (χ0n) is 12.5. The van der Waals surface area contributed by atoms with Crippen LogP contribution >= 0.6 is 0 Å². The van der Waals surface area contributed by atoms with Crippen LogP contribution in [-0.4, -0.2) is 18.0 Å². The molecule has 0 atom stereocenters. The van der Waals surface area contributed by atoms with Crippen molar-refractivity contribution in [3.05, 3.63) is 59.2 Å². The molecular weight excluding hydrogens is 266 g/mol. The molecule has 0 amide bonds. The maximum atomic E-state index is 8.82. The van der Waals surface area contributed by atoms with Crippen molar-refractivity contribution in [2.45, 2.75) is 20.5 Å².